The summed E-state index contributed by atoms with van der Waals surface area (Å²) in [6.07, 6.45) is 0.595. The fourth-order valence-electron chi connectivity index (χ4n) is 2.66. The molecular weight excluding hydrogens is 332 g/mol. The van der Waals surface area contributed by atoms with Crippen molar-refractivity contribution < 1.29 is 29.1 Å². The smallest absolute Gasteiger partial charge is 0.311 e. The Balaban J connectivity index is 2.13. The van der Waals surface area contributed by atoms with Gasteiger partial charge in [0.15, 0.2) is 5.75 Å². The predicted octanol–water partition coefficient (Wildman–Crippen LogP) is 1.60. The lowest BCUT2D eigenvalue weighted by Gasteiger charge is -2.33. The Morgan fingerprint density at radius 1 is 1.40 bits per heavy atom. The molecule has 2 N–H and O–H groups in total. The maximum Gasteiger partial charge on any atom is 0.311 e. The maximum absolute atomic E-state index is 12.3. The molecule has 1 aromatic rings. The van der Waals surface area contributed by atoms with Gasteiger partial charge in [-0.05, 0) is 31.9 Å². The highest BCUT2D eigenvalue weighted by molar-refractivity contribution is 5.95. The van der Waals surface area contributed by atoms with Crippen molar-refractivity contribution in [2.75, 3.05) is 26.4 Å². The maximum atomic E-state index is 12.3. The van der Waals surface area contributed by atoms with Gasteiger partial charge in [0.05, 0.1) is 16.9 Å². The van der Waals surface area contributed by atoms with Gasteiger partial charge in [-0.2, -0.15) is 0 Å². The van der Waals surface area contributed by atoms with Crippen LogP contribution in [0.3, 0.4) is 0 Å². The fourth-order valence-corrected chi connectivity index (χ4v) is 2.66. The van der Waals surface area contributed by atoms with E-state index in [0.29, 0.717) is 26.1 Å². The quantitative estimate of drug-likeness (QED) is 0.563. The van der Waals surface area contributed by atoms with Crippen molar-refractivity contribution in [2.24, 2.45) is 5.41 Å². The molecule has 25 heavy (non-hydrogen) atoms. The SMILES string of the molecule is CCOc1ccc(C(=O)NCC2(C(=O)O)CCOCC2)cc1[N+](=O)[O-]. The molecule has 0 atom stereocenters. The zero-order valence-electron chi connectivity index (χ0n) is 13.8. The van der Waals surface area contributed by atoms with Crippen molar-refractivity contribution in [3.05, 3.63) is 33.9 Å². The average molecular weight is 352 g/mol. The van der Waals surface area contributed by atoms with Crippen LogP contribution in [0.2, 0.25) is 0 Å². The second kappa shape index (κ2) is 7.93. The summed E-state index contributed by atoms with van der Waals surface area (Å²) in [6.45, 7) is 2.53. The van der Waals surface area contributed by atoms with Crippen molar-refractivity contribution in [3.63, 3.8) is 0 Å². The number of benzene rings is 1. The van der Waals surface area contributed by atoms with Crippen LogP contribution >= 0.6 is 0 Å². The minimum absolute atomic E-state index is 0.0640. The molecule has 0 unspecified atom stereocenters. The number of aliphatic carboxylic acids is 1. The Labute approximate surface area is 144 Å². The summed E-state index contributed by atoms with van der Waals surface area (Å²) < 4.78 is 10.4. The van der Waals surface area contributed by atoms with E-state index in [-0.39, 0.29) is 30.2 Å². The van der Waals surface area contributed by atoms with E-state index in [9.17, 15) is 24.8 Å². The number of nitrogens with zero attached hydrogens (tertiary/aromatic N) is 1. The van der Waals surface area contributed by atoms with Gasteiger partial charge in [-0.1, -0.05) is 0 Å². The van der Waals surface area contributed by atoms with Gasteiger partial charge in [-0.15, -0.1) is 0 Å². The minimum atomic E-state index is -1.08. The summed E-state index contributed by atoms with van der Waals surface area (Å²) in [5.41, 5.74) is -1.32. The largest absolute Gasteiger partial charge is 0.487 e. The van der Waals surface area contributed by atoms with Crippen molar-refractivity contribution in [2.45, 2.75) is 19.8 Å². The van der Waals surface area contributed by atoms with Crippen LogP contribution in [-0.4, -0.2) is 48.3 Å². The molecule has 9 nitrogen and oxygen atoms in total. The molecule has 1 aliphatic heterocycles. The van der Waals surface area contributed by atoms with Gasteiger partial charge >= 0.3 is 11.7 Å². The van der Waals surface area contributed by atoms with Crippen LogP contribution in [0.4, 0.5) is 5.69 Å². The number of ether oxygens (including phenoxy) is 2. The molecule has 9 heteroatoms. The van der Waals surface area contributed by atoms with Gasteiger partial charge in [0.25, 0.3) is 5.91 Å². The molecule has 2 rings (SSSR count). The third-order valence-corrected chi connectivity index (χ3v) is 4.21. The van der Waals surface area contributed by atoms with E-state index in [0.717, 1.165) is 6.07 Å². The molecule has 136 valence electrons. The first kappa shape index (κ1) is 18.7. The van der Waals surface area contributed by atoms with Crippen molar-refractivity contribution in [1.82, 2.24) is 5.32 Å². The molecule has 0 saturated carbocycles. The normalized spacial score (nSPS) is 16.0. The van der Waals surface area contributed by atoms with Crippen LogP contribution in [-0.2, 0) is 9.53 Å². The van der Waals surface area contributed by atoms with E-state index in [4.69, 9.17) is 9.47 Å². The molecular formula is C16H20N2O7. The average Bonchev–Trinajstić information content (AvgIpc) is 2.60. The lowest BCUT2D eigenvalue weighted by atomic mass is 9.80. The molecule has 0 radical (unpaired) electrons. The van der Waals surface area contributed by atoms with E-state index in [1.54, 1.807) is 6.92 Å². The molecule has 1 amide bonds. The van der Waals surface area contributed by atoms with Gasteiger partial charge in [-0.3, -0.25) is 19.7 Å². The van der Waals surface area contributed by atoms with Crippen molar-refractivity contribution in [1.29, 1.82) is 0 Å². The highest BCUT2D eigenvalue weighted by atomic mass is 16.6. The fraction of sp³-hybridized carbons (Fsp3) is 0.500. The highest BCUT2D eigenvalue weighted by Crippen LogP contribution is 2.31. The Hall–Kier alpha value is -2.68. The summed E-state index contributed by atoms with van der Waals surface area (Å²) in [5, 5.41) is 23.2. The molecule has 0 spiro atoms. The van der Waals surface area contributed by atoms with Gasteiger partial charge in [0.1, 0.15) is 0 Å². The van der Waals surface area contributed by atoms with Gasteiger partial charge in [0, 0.05) is 31.4 Å². The van der Waals surface area contributed by atoms with Crippen molar-refractivity contribution in [3.8, 4) is 5.75 Å². The summed E-state index contributed by atoms with van der Waals surface area (Å²) >= 11 is 0. The molecule has 0 bridgehead atoms. The second-order valence-corrected chi connectivity index (χ2v) is 5.75. The molecule has 1 aliphatic rings. The molecule has 1 fully saturated rings. The molecule has 1 aromatic carbocycles. The summed E-state index contributed by atoms with van der Waals surface area (Å²) in [5.74, 6) is -1.48. The monoisotopic (exact) mass is 352 g/mol. The lowest BCUT2D eigenvalue weighted by molar-refractivity contribution is -0.385. The number of carboxylic acid groups (broad SMARTS) is 1. The Morgan fingerprint density at radius 2 is 2.08 bits per heavy atom. The Kier molecular flexibility index (Phi) is 5.92. The van der Waals surface area contributed by atoms with E-state index >= 15 is 0 Å². The number of nitro benzene ring substituents is 1. The van der Waals surface area contributed by atoms with Crippen LogP contribution in [0.25, 0.3) is 0 Å². The molecule has 1 heterocycles. The topological polar surface area (TPSA) is 128 Å². The van der Waals surface area contributed by atoms with E-state index in [1.165, 1.54) is 12.1 Å². The third-order valence-electron chi connectivity index (χ3n) is 4.21. The van der Waals surface area contributed by atoms with Crippen LogP contribution < -0.4 is 10.1 Å². The van der Waals surface area contributed by atoms with Crippen LogP contribution in [0, 0.1) is 15.5 Å². The first-order chi connectivity index (χ1) is 11.9. The predicted molar refractivity (Wildman–Crippen MR) is 86.7 cm³/mol. The Morgan fingerprint density at radius 3 is 2.64 bits per heavy atom. The highest BCUT2D eigenvalue weighted by Gasteiger charge is 2.40. The summed E-state index contributed by atoms with van der Waals surface area (Å²) in [6, 6.07) is 3.89. The standard InChI is InChI=1S/C16H20N2O7/c1-2-25-13-4-3-11(9-12(13)18(22)23)14(19)17-10-16(15(20)21)5-7-24-8-6-16/h3-4,9H,2,5-8,10H2,1H3,(H,17,19)(H,20,21). The number of hydrogen-bond acceptors (Lipinski definition) is 6. The minimum Gasteiger partial charge on any atom is -0.487 e. The number of nitro groups is 1. The number of rotatable bonds is 7. The number of carboxylic acids is 1. The molecule has 1 saturated heterocycles. The summed E-state index contributed by atoms with van der Waals surface area (Å²) in [4.78, 5) is 34.4. The van der Waals surface area contributed by atoms with Crippen LogP contribution in [0.1, 0.15) is 30.1 Å². The number of nitrogens with one attached hydrogen (secondary N) is 1. The first-order valence-electron chi connectivity index (χ1n) is 7.90. The number of carbonyl (C=O) groups is 2. The van der Waals surface area contributed by atoms with Crippen LogP contribution in [0.15, 0.2) is 18.2 Å². The van der Waals surface area contributed by atoms with Gasteiger partial charge < -0.3 is 19.9 Å². The third kappa shape index (κ3) is 4.24. The van der Waals surface area contributed by atoms with Gasteiger partial charge in [0.2, 0.25) is 0 Å². The second-order valence-electron chi connectivity index (χ2n) is 5.75. The van der Waals surface area contributed by atoms with Crippen molar-refractivity contribution >= 4 is 17.6 Å². The summed E-state index contributed by atoms with van der Waals surface area (Å²) in [7, 11) is 0. The first-order valence-corrected chi connectivity index (χ1v) is 7.90. The number of hydrogen-bond donors (Lipinski definition) is 2. The van der Waals surface area contributed by atoms with E-state index in [2.05, 4.69) is 5.32 Å². The van der Waals surface area contributed by atoms with Gasteiger partial charge in [-0.25, -0.2) is 0 Å². The zero-order valence-corrected chi connectivity index (χ0v) is 13.8. The Bertz CT molecular complexity index is 668. The lowest BCUT2D eigenvalue weighted by Crippen LogP contribution is -2.46. The zero-order chi connectivity index (χ0) is 18.4. The molecule has 0 aromatic heterocycles. The van der Waals surface area contributed by atoms with E-state index in [1.807, 2.05) is 0 Å². The number of carbonyl (C=O) groups excluding carboxylic acids is 1. The molecule has 0 aliphatic carbocycles. The number of amides is 1. The van der Waals surface area contributed by atoms with Crippen LogP contribution in [0.5, 0.6) is 5.75 Å². The van der Waals surface area contributed by atoms with E-state index < -0.39 is 22.2 Å².